The lowest BCUT2D eigenvalue weighted by Gasteiger charge is -2.28. The number of nitro groups is 1. The van der Waals surface area contributed by atoms with E-state index in [0.29, 0.717) is 5.25 Å². The van der Waals surface area contributed by atoms with Gasteiger partial charge in [0.05, 0.1) is 4.92 Å². The van der Waals surface area contributed by atoms with Crippen LogP contribution >= 0.6 is 11.8 Å². The van der Waals surface area contributed by atoms with Gasteiger partial charge in [-0.25, -0.2) is 0 Å². The van der Waals surface area contributed by atoms with E-state index in [1.807, 2.05) is 11.8 Å². The Hall–Kier alpha value is -1.56. The molecule has 0 radical (unpaired) electrons. The summed E-state index contributed by atoms with van der Waals surface area (Å²) in [6.07, 6.45) is 6.24. The van der Waals surface area contributed by atoms with Crippen LogP contribution in [0.4, 0.5) is 5.69 Å². The highest BCUT2D eigenvalue weighted by atomic mass is 32.2. The van der Waals surface area contributed by atoms with Gasteiger partial charge in [0.1, 0.15) is 5.56 Å². The van der Waals surface area contributed by atoms with Crippen molar-refractivity contribution < 1.29 is 9.72 Å². The fourth-order valence-electron chi connectivity index (χ4n) is 2.58. The zero-order valence-corrected chi connectivity index (χ0v) is 12.2. The number of nitrogens with zero attached hydrogens (tertiary/aromatic N) is 1. The maximum atomic E-state index is 12.2. The first-order valence-electron chi connectivity index (χ1n) is 6.69. The second kappa shape index (κ2) is 6.74. The van der Waals surface area contributed by atoms with Crippen LogP contribution in [0.1, 0.15) is 36.0 Å². The monoisotopic (exact) mass is 294 g/mol. The molecule has 20 heavy (non-hydrogen) atoms. The topological polar surface area (TPSA) is 72.2 Å². The lowest BCUT2D eigenvalue weighted by Crippen LogP contribution is -2.39. The van der Waals surface area contributed by atoms with E-state index in [1.165, 1.54) is 18.6 Å². The van der Waals surface area contributed by atoms with E-state index in [9.17, 15) is 14.9 Å². The van der Waals surface area contributed by atoms with Crippen LogP contribution < -0.4 is 5.32 Å². The Morgan fingerprint density at radius 3 is 2.85 bits per heavy atom. The highest BCUT2D eigenvalue weighted by molar-refractivity contribution is 7.99. The van der Waals surface area contributed by atoms with E-state index in [0.717, 1.165) is 19.3 Å². The summed E-state index contributed by atoms with van der Waals surface area (Å²) in [5.41, 5.74) is 0.00556. The highest BCUT2D eigenvalue weighted by Crippen LogP contribution is 2.27. The molecule has 1 aliphatic carbocycles. The van der Waals surface area contributed by atoms with Crippen molar-refractivity contribution in [1.29, 1.82) is 0 Å². The molecule has 0 unspecified atom stereocenters. The normalized spacial score (nSPS) is 22.2. The van der Waals surface area contributed by atoms with E-state index in [4.69, 9.17) is 0 Å². The second-order valence-corrected chi connectivity index (χ2v) is 6.11. The molecule has 0 heterocycles. The molecule has 1 amide bonds. The van der Waals surface area contributed by atoms with Crippen molar-refractivity contribution in [3.05, 3.63) is 39.9 Å². The van der Waals surface area contributed by atoms with Crippen LogP contribution in [0.3, 0.4) is 0 Å². The lowest BCUT2D eigenvalue weighted by molar-refractivity contribution is -0.385. The molecule has 0 aromatic heterocycles. The van der Waals surface area contributed by atoms with Gasteiger partial charge >= 0.3 is 0 Å². The summed E-state index contributed by atoms with van der Waals surface area (Å²) in [4.78, 5) is 22.6. The van der Waals surface area contributed by atoms with Crippen molar-refractivity contribution in [2.24, 2.45) is 0 Å². The third-order valence-electron chi connectivity index (χ3n) is 3.64. The Labute approximate surface area is 122 Å². The molecule has 108 valence electrons. The summed E-state index contributed by atoms with van der Waals surface area (Å²) in [7, 11) is 0. The minimum atomic E-state index is -0.513. The van der Waals surface area contributed by atoms with Gasteiger partial charge in [-0.3, -0.25) is 14.9 Å². The van der Waals surface area contributed by atoms with Crippen molar-refractivity contribution in [3.8, 4) is 0 Å². The van der Waals surface area contributed by atoms with Crippen LogP contribution in [-0.4, -0.2) is 28.4 Å². The van der Waals surface area contributed by atoms with Gasteiger partial charge in [-0.05, 0) is 31.6 Å². The molecule has 0 spiro atoms. The standard InChI is InChI=1S/C14H18N2O3S/c1-20-11-6-4-5-10(9-11)15-14(17)12-7-2-3-8-13(12)16(18)19/h2-3,7-8,10-11H,4-6,9H2,1H3,(H,15,17)/t10-,11+/m0/s1. The van der Waals surface area contributed by atoms with Crippen molar-refractivity contribution >= 4 is 23.4 Å². The Kier molecular flexibility index (Phi) is 5.00. The van der Waals surface area contributed by atoms with Gasteiger partial charge in [0.25, 0.3) is 11.6 Å². The summed E-state index contributed by atoms with van der Waals surface area (Å²) in [5.74, 6) is -0.343. The summed E-state index contributed by atoms with van der Waals surface area (Å²) in [5, 5.41) is 14.4. The van der Waals surface area contributed by atoms with Crippen molar-refractivity contribution in [2.45, 2.75) is 37.0 Å². The van der Waals surface area contributed by atoms with Gasteiger partial charge in [-0.1, -0.05) is 18.6 Å². The molecule has 1 N–H and O–H groups in total. The van der Waals surface area contributed by atoms with Crippen LogP contribution in [0.15, 0.2) is 24.3 Å². The van der Waals surface area contributed by atoms with Gasteiger partial charge in [0, 0.05) is 17.4 Å². The quantitative estimate of drug-likeness (QED) is 0.684. The first-order chi connectivity index (χ1) is 9.61. The SMILES string of the molecule is CS[C@@H]1CCC[C@H](NC(=O)c2ccccc2[N+](=O)[O-])C1. The van der Waals surface area contributed by atoms with Gasteiger partial charge in [0.15, 0.2) is 0 Å². The van der Waals surface area contributed by atoms with Gasteiger partial charge < -0.3 is 5.32 Å². The fourth-order valence-corrected chi connectivity index (χ4v) is 3.41. The first kappa shape index (κ1) is 14.8. The molecule has 2 atom stereocenters. The Morgan fingerprint density at radius 2 is 2.15 bits per heavy atom. The Morgan fingerprint density at radius 1 is 1.40 bits per heavy atom. The third-order valence-corrected chi connectivity index (χ3v) is 4.73. The summed E-state index contributed by atoms with van der Waals surface area (Å²) < 4.78 is 0. The van der Waals surface area contributed by atoms with Crippen LogP contribution in [0, 0.1) is 10.1 Å². The fraction of sp³-hybridized carbons (Fsp3) is 0.500. The number of benzene rings is 1. The third kappa shape index (κ3) is 3.50. The number of rotatable bonds is 4. The number of nitro benzene ring substituents is 1. The van der Waals surface area contributed by atoms with E-state index in [-0.39, 0.29) is 23.2 Å². The molecule has 0 saturated heterocycles. The molecule has 0 bridgehead atoms. The van der Waals surface area contributed by atoms with Crippen LogP contribution in [-0.2, 0) is 0 Å². The largest absolute Gasteiger partial charge is 0.349 e. The Bertz CT molecular complexity index is 507. The number of carbonyl (C=O) groups is 1. The zero-order valence-electron chi connectivity index (χ0n) is 11.4. The van der Waals surface area contributed by atoms with Gasteiger partial charge in [0.2, 0.25) is 0 Å². The molecule has 5 nitrogen and oxygen atoms in total. The number of amides is 1. The number of hydrogen-bond donors (Lipinski definition) is 1. The maximum absolute atomic E-state index is 12.2. The van der Waals surface area contributed by atoms with Crippen molar-refractivity contribution in [1.82, 2.24) is 5.32 Å². The minimum Gasteiger partial charge on any atom is -0.349 e. The van der Waals surface area contributed by atoms with Crippen molar-refractivity contribution in [2.75, 3.05) is 6.26 Å². The summed E-state index contributed by atoms with van der Waals surface area (Å²) in [6.45, 7) is 0. The molecule has 6 heteroatoms. The molecular formula is C14H18N2O3S. The van der Waals surface area contributed by atoms with Crippen LogP contribution in [0.2, 0.25) is 0 Å². The predicted molar refractivity (Wildman–Crippen MR) is 80.1 cm³/mol. The van der Waals surface area contributed by atoms with Gasteiger partial charge in [-0.15, -0.1) is 0 Å². The Balaban J connectivity index is 2.07. The highest BCUT2D eigenvalue weighted by Gasteiger charge is 2.25. The van der Waals surface area contributed by atoms with E-state index in [1.54, 1.807) is 12.1 Å². The van der Waals surface area contributed by atoms with Crippen LogP contribution in [0.5, 0.6) is 0 Å². The molecule has 1 saturated carbocycles. The summed E-state index contributed by atoms with van der Waals surface area (Å²) in [6, 6.07) is 6.20. The molecule has 1 aromatic carbocycles. The maximum Gasteiger partial charge on any atom is 0.282 e. The number of hydrogen-bond acceptors (Lipinski definition) is 4. The second-order valence-electron chi connectivity index (χ2n) is 4.97. The number of nitrogens with one attached hydrogen (secondary N) is 1. The van der Waals surface area contributed by atoms with Gasteiger partial charge in [-0.2, -0.15) is 11.8 Å². The number of para-hydroxylation sites is 1. The van der Waals surface area contributed by atoms with E-state index >= 15 is 0 Å². The zero-order chi connectivity index (χ0) is 14.5. The first-order valence-corrected chi connectivity index (χ1v) is 7.97. The average Bonchev–Trinajstić information content (AvgIpc) is 2.47. The number of thioether (sulfide) groups is 1. The number of carbonyl (C=O) groups excluding carboxylic acids is 1. The average molecular weight is 294 g/mol. The van der Waals surface area contributed by atoms with Crippen LogP contribution in [0.25, 0.3) is 0 Å². The molecule has 1 aliphatic rings. The predicted octanol–water partition coefficient (Wildman–Crippen LogP) is 3.00. The molecule has 1 fully saturated rings. The molecular weight excluding hydrogens is 276 g/mol. The van der Waals surface area contributed by atoms with Crippen molar-refractivity contribution in [3.63, 3.8) is 0 Å². The van der Waals surface area contributed by atoms with E-state index < -0.39 is 4.92 Å². The molecule has 0 aliphatic heterocycles. The minimum absolute atomic E-state index is 0.119. The lowest BCUT2D eigenvalue weighted by atomic mass is 9.94. The van der Waals surface area contributed by atoms with E-state index in [2.05, 4.69) is 11.6 Å². The smallest absolute Gasteiger partial charge is 0.282 e. The molecule has 1 aromatic rings. The molecule has 2 rings (SSSR count). The summed E-state index contributed by atoms with van der Waals surface area (Å²) >= 11 is 1.82.